The topological polar surface area (TPSA) is 62.0 Å². The summed E-state index contributed by atoms with van der Waals surface area (Å²) in [5, 5.41) is 0. The van der Waals surface area contributed by atoms with Crippen LogP contribution in [0.4, 0.5) is 0 Å². The monoisotopic (exact) mass is 320 g/mol. The molecule has 0 radical (unpaired) electrons. The average molecular weight is 320 g/mol. The van der Waals surface area contributed by atoms with Gasteiger partial charge in [-0.1, -0.05) is 13.3 Å². The third kappa shape index (κ3) is 7.18. The molecule has 0 spiro atoms. The van der Waals surface area contributed by atoms with Crippen molar-refractivity contribution in [3.63, 3.8) is 0 Å². The molecule has 2 fully saturated rings. The van der Waals surface area contributed by atoms with Gasteiger partial charge in [0.2, 0.25) is 0 Å². The van der Waals surface area contributed by atoms with Crippen molar-refractivity contribution in [2.75, 3.05) is 46.8 Å². The van der Waals surface area contributed by atoms with Crippen molar-refractivity contribution < 1.29 is 27.5 Å². The van der Waals surface area contributed by atoms with Crippen molar-refractivity contribution >= 4 is 8.80 Å². The lowest BCUT2D eigenvalue weighted by atomic mass is 10.3. The van der Waals surface area contributed by atoms with Gasteiger partial charge in [-0.05, 0) is 12.8 Å². The molecule has 2 aliphatic rings. The van der Waals surface area contributed by atoms with Gasteiger partial charge < -0.3 is 27.5 Å². The maximum Gasteiger partial charge on any atom is 0.500 e. The predicted octanol–water partition coefficient (Wildman–Crippen LogP) is 1.61. The Morgan fingerprint density at radius 3 is 2.29 bits per heavy atom. The molecular formula is C14H28O6Si. The molecule has 21 heavy (non-hydrogen) atoms. The van der Waals surface area contributed by atoms with Crippen LogP contribution >= 0.6 is 0 Å². The van der Waals surface area contributed by atoms with Crippen LogP contribution in [0.25, 0.3) is 0 Å². The summed E-state index contributed by atoms with van der Waals surface area (Å²) in [5.74, 6) is 0. The lowest BCUT2D eigenvalue weighted by Gasteiger charge is -2.27. The number of hydrogen-bond donors (Lipinski definition) is 0. The van der Waals surface area contributed by atoms with E-state index >= 15 is 0 Å². The van der Waals surface area contributed by atoms with Crippen molar-refractivity contribution in [2.24, 2.45) is 0 Å². The highest BCUT2D eigenvalue weighted by molar-refractivity contribution is 6.60. The van der Waals surface area contributed by atoms with Gasteiger partial charge in [-0.2, -0.15) is 0 Å². The van der Waals surface area contributed by atoms with Crippen molar-refractivity contribution in [1.82, 2.24) is 0 Å². The lowest BCUT2D eigenvalue weighted by Crippen LogP contribution is -2.45. The molecular weight excluding hydrogens is 292 g/mol. The minimum Gasteiger partial charge on any atom is -0.379 e. The third-order valence-corrected chi connectivity index (χ3v) is 6.45. The molecule has 0 N–H and O–H groups in total. The molecule has 7 heteroatoms. The molecule has 0 aromatic heterocycles. The first-order chi connectivity index (χ1) is 10.3. The van der Waals surface area contributed by atoms with Crippen LogP contribution < -0.4 is 0 Å². The van der Waals surface area contributed by atoms with Gasteiger partial charge in [-0.15, -0.1) is 0 Å². The van der Waals surface area contributed by atoms with E-state index in [4.69, 9.17) is 27.5 Å². The Labute approximate surface area is 128 Å². The zero-order valence-corrected chi connectivity index (χ0v) is 14.2. The zero-order valence-electron chi connectivity index (χ0n) is 13.2. The van der Waals surface area contributed by atoms with E-state index in [9.17, 15) is 0 Å². The Morgan fingerprint density at radius 2 is 1.67 bits per heavy atom. The molecule has 124 valence electrons. The first kappa shape index (κ1) is 17.3. The smallest absolute Gasteiger partial charge is 0.379 e. The maximum absolute atomic E-state index is 6.00. The molecule has 2 heterocycles. The highest BCUT2D eigenvalue weighted by Gasteiger charge is 2.41. The van der Waals surface area contributed by atoms with Crippen molar-refractivity contribution in [2.45, 2.75) is 44.4 Å². The summed E-state index contributed by atoms with van der Waals surface area (Å²) in [4.78, 5) is 0. The average Bonchev–Trinajstić information content (AvgIpc) is 3.38. The van der Waals surface area contributed by atoms with Crippen LogP contribution in [-0.2, 0) is 27.5 Å². The number of ether oxygens (including phenoxy) is 3. The lowest BCUT2D eigenvalue weighted by molar-refractivity contribution is 0.0647. The minimum atomic E-state index is -2.51. The summed E-state index contributed by atoms with van der Waals surface area (Å²) in [6.45, 7) is 6.49. The van der Waals surface area contributed by atoms with Gasteiger partial charge in [0.15, 0.2) is 0 Å². The quantitative estimate of drug-likeness (QED) is 0.275. The first-order valence-corrected chi connectivity index (χ1v) is 9.85. The highest BCUT2D eigenvalue weighted by Crippen LogP contribution is 2.20. The Balaban J connectivity index is 1.55. The highest BCUT2D eigenvalue weighted by atomic mass is 28.4. The molecule has 0 aliphatic carbocycles. The van der Waals surface area contributed by atoms with Gasteiger partial charge >= 0.3 is 8.80 Å². The second-order valence-electron chi connectivity index (χ2n) is 5.49. The molecule has 0 saturated carbocycles. The molecule has 0 aromatic carbocycles. The zero-order chi connectivity index (χ0) is 15.0. The van der Waals surface area contributed by atoms with Gasteiger partial charge in [-0.3, -0.25) is 0 Å². The second-order valence-corrected chi connectivity index (χ2v) is 8.34. The summed E-state index contributed by atoms with van der Waals surface area (Å²) >= 11 is 0. The van der Waals surface area contributed by atoms with E-state index in [1.54, 1.807) is 7.11 Å². The fraction of sp³-hybridized carbons (Fsp3) is 1.00. The normalized spacial score (nSPS) is 26.6. The van der Waals surface area contributed by atoms with E-state index in [1.807, 2.05) is 0 Å². The van der Waals surface area contributed by atoms with Crippen LogP contribution in [0.3, 0.4) is 0 Å². The van der Waals surface area contributed by atoms with E-state index < -0.39 is 8.80 Å². The predicted molar refractivity (Wildman–Crippen MR) is 79.3 cm³/mol. The molecule has 0 aromatic rings. The molecule has 2 aliphatic heterocycles. The number of unbranched alkanes of at least 4 members (excludes halogenated alkanes) is 1. The van der Waals surface area contributed by atoms with Gasteiger partial charge in [0.25, 0.3) is 0 Å². The van der Waals surface area contributed by atoms with E-state index in [1.165, 1.54) is 0 Å². The van der Waals surface area contributed by atoms with Crippen LogP contribution in [-0.4, -0.2) is 67.8 Å². The minimum absolute atomic E-state index is 0.241. The summed E-state index contributed by atoms with van der Waals surface area (Å²) in [7, 11) is -0.821. The fourth-order valence-corrected chi connectivity index (χ4v) is 4.33. The molecule has 6 nitrogen and oxygen atoms in total. The number of rotatable bonds is 14. The van der Waals surface area contributed by atoms with Crippen LogP contribution in [0.15, 0.2) is 0 Å². The van der Waals surface area contributed by atoms with E-state index in [0.717, 1.165) is 51.7 Å². The second kappa shape index (κ2) is 9.19. The van der Waals surface area contributed by atoms with Crippen LogP contribution in [0.1, 0.15) is 26.2 Å². The molecule has 3 atom stereocenters. The fourth-order valence-electron chi connectivity index (χ4n) is 2.01. The third-order valence-electron chi connectivity index (χ3n) is 3.47. The van der Waals surface area contributed by atoms with E-state index in [0.29, 0.717) is 19.3 Å². The SMILES string of the molecule is CCC[Si](OC)(OCCCCOCC1CO1)OCC1CO1. The largest absolute Gasteiger partial charge is 0.500 e. The summed E-state index contributed by atoms with van der Waals surface area (Å²) < 4.78 is 33.3. The van der Waals surface area contributed by atoms with Crippen molar-refractivity contribution in [3.8, 4) is 0 Å². The van der Waals surface area contributed by atoms with Gasteiger partial charge in [0.1, 0.15) is 12.2 Å². The van der Waals surface area contributed by atoms with E-state index in [2.05, 4.69) is 6.92 Å². The molecule has 3 unspecified atom stereocenters. The Bertz CT molecular complexity index is 285. The Hall–Kier alpha value is -0.0231. The van der Waals surface area contributed by atoms with Crippen LogP contribution in [0.2, 0.25) is 6.04 Å². The number of hydrogen-bond acceptors (Lipinski definition) is 6. The van der Waals surface area contributed by atoms with Gasteiger partial charge in [0, 0.05) is 26.4 Å². The molecule has 2 rings (SSSR count). The summed E-state index contributed by atoms with van der Waals surface area (Å²) in [6, 6.07) is 0.853. The summed E-state index contributed by atoms with van der Waals surface area (Å²) in [5.41, 5.74) is 0. The number of epoxide rings is 2. The molecule has 0 bridgehead atoms. The summed E-state index contributed by atoms with van der Waals surface area (Å²) in [6.07, 6.45) is 3.52. The molecule has 2 saturated heterocycles. The first-order valence-electron chi connectivity index (χ1n) is 7.92. The van der Waals surface area contributed by atoms with Crippen molar-refractivity contribution in [1.29, 1.82) is 0 Å². The standard InChI is InChI=1S/C14H28O6Si/c1-3-8-21(15-2,20-12-14-11-18-14)19-7-5-4-6-16-9-13-10-17-13/h13-14H,3-12H2,1-2H3. The molecule has 0 amide bonds. The van der Waals surface area contributed by atoms with E-state index in [-0.39, 0.29) is 6.10 Å². The maximum atomic E-state index is 6.00. The Morgan fingerprint density at radius 1 is 1.00 bits per heavy atom. The Kier molecular flexibility index (Phi) is 7.59. The van der Waals surface area contributed by atoms with Crippen LogP contribution in [0, 0.1) is 0 Å². The van der Waals surface area contributed by atoms with Gasteiger partial charge in [-0.25, -0.2) is 0 Å². The van der Waals surface area contributed by atoms with Gasteiger partial charge in [0.05, 0.1) is 26.4 Å². The van der Waals surface area contributed by atoms with Crippen LogP contribution in [0.5, 0.6) is 0 Å². The van der Waals surface area contributed by atoms with Crippen molar-refractivity contribution in [3.05, 3.63) is 0 Å².